The second-order valence-electron chi connectivity index (χ2n) is 11.9. The van der Waals surface area contributed by atoms with Crippen LogP contribution in [0.4, 0.5) is 24.8 Å². The van der Waals surface area contributed by atoms with Crippen molar-refractivity contribution in [2.45, 2.75) is 76.0 Å². The number of methoxy groups -OCH3 is 1. The van der Waals surface area contributed by atoms with Gasteiger partial charge in [-0.15, -0.1) is 0 Å². The first kappa shape index (κ1) is 33.9. The number of carbonyl (C=O) groups is 1. The molecule has 1 aromatic heterocycles. The van der Waals surface area contributed by atoms with Crippen LogP contribution in [0.3, 0.4) is 0 Å². The average molecular weight is 641 g/mol. The molecule has 14 heteroatoms. The Labute approximate surface area is 257 Å². The Morgan fingerprint density at radius 3 is 2.52 bits per heavy atom. The summed E-state index contributed by atoms with van der Waals surface area (Å²) in [7, 11) is 1.69. The molecule has 44 heavy (non-hydrogen) atoms. The lowest BCUT2D eigenvalue weighted by atomic mass is 9.81. The number of carbonyl (C=O) groups excluding carboxylic acids is 1. The van der Waals surface area contributed by atoms with Gasteiger partial charge in [-0.05, 0) is 89.2 Å². The smallest absolute Gasteiger partial charge is 0.419 e. The van der Waals surface area contributed by atoms with Gasteiger partial charge in [0, 0.05) is 30.9 Å². The number of aromatic nitrogens is 2. The number of alkyl halides is 3. The van der Waals surface area contributed by atoms with E-state index >= 15 is 0 Å². The predicted molar refractivity (Wildman–Crippen MR) is 163 cm³/mol. The number of ether oxygens (including phenoxy) is 1. The third kappa shape index (κ3) is 8.81. The number of likely N-dealkylation sites (tertiary alicyclic amines) is 1. The fourth-order valence-corrected chi connectivity index (χ4v) is 6.93. The number of sulfonamides is 1. The third-order valence-corrected chi connectivity index (χ3v) is 10.1. The van der Waals surface area contributed by atoms with Crippen LogP contribution >= 0.6 is 0 Å². The molecule has 0 spiro atoms. The first-order valence-electron chi connectivity index (χ1n) is 15.1. The highest BCUT2D eigenvalue weighted by Crippen LogP contribution is 2.35. The molecule has 2 fully saturated rings. The summed E-state index contributed by atoms with van der Waals surface area (Å²) in [5.74, 6) is 0.142. The van der Waals surface area contributed by atoms with Crippen molar-refractivity contribution in [3.8, 4) is 5.75 Å². The lowest BCUT2D eigenvalue weighted by molar-refractivity contribution is -0.138. The zero-order valence-corrected chi connectivity index (χ0v) is 26.6. The normalized spacial score (nSPS) is 20.5. The van der Waals surface area contributed by atoms with Crippen LogP contribution in [-0.2, 0) is 22.6 Å². The van der Waals surface area contributed by atoms with Gasteiger partial charge in [0.1, 0.15) is 5.75 Å². The minimum absolute atomic E-state index is 0.0258. The van der Waals surface area contributed by atoms with E-state index in [1.807, 2.05) is 7.05 Å². The average Bonchev–Trinajstić information content (AvgIpc) is 2.97. The van der Waals surface area contributed by atoms with E-state index in [-0.39, 0.29) is 42.0 Å². The van der Waals surface area contributed by atoms with Gasteiger partial charge in [0.05, 0.1) is 30.3 Å². The number of nitrogens with zero attached hydrogens (tertiary/aromatic N) is 4. The van der Waals surface area contributed by atoms with Gasteiger partial charge in [0.2, 0.25) is 16.0 Å². The standard InChI is InChI=1S/C30H43F3N6O4S/c1-38-16-14-22(15-17-38)35-28(40)21-12-13-25(27(18-21)43-3)37-29-34-19-23(30(31,32)33)24(36-29)10-7-9-20-8-5-6-11-26(20)39(2)44(4,41)42/h12-13,18-20,22,26H,5-11,14-17H2,1-4H3,(H,35,40)(H,34,36,37)/t20?,26-/m1/s1. The van der Waals surface area contributed by atoms with Crippen molar-refractivity contribution in [2.75, 3.05) is 45.9 Å². The van der Waals surface area contributed by atoms with Crippen LogP contribution in [0.1, 0.15) is 73.0 Å². The summed E-state index contributed by atoms with van der Waals surface area (Å²) in [5.41, 5.74) is -0.220. The highest BCUT2D eigenvalue weighted by atomic mass is 32.2. The molecule has 1 amide bonds. The molecule has 244 valence electrons. The Morgan fingerprint density at radius 2 is 1.86 bits per heavy atom. The quantitative estimate of drug-likeness (QED) is 0.359. The molecule has 4 rings (SSSR count). The van der Waals surface area contributed by atoms with Crippen LogP contribution in [-0.4, -0.2) is 86.1 Å². The molecule has 10 nitrogen and oxygen atoms in total. The summed E-state index contributed by atoms with van der Waals surface area (Å²) >= 11 is 0. The number of rotatable bonds is 11. The highest BCUT2D eigenvalue weighted by Gasteiger charge is 2.36. The SMILES string of the molecule is COc1cc(C(=O)NC2CCN(C)CC2)ccc1Nc1ncc(C(F)(F)F)c(CCCC2CCCC[C@H]2N(C)S(C)(=O)=O)n1. The molecule has 1 saturated heterocycles. The summed E-state index contributed by atoms with van der Waals surface area (Å²) in [6.07, 6.45) is 3.59. The monoisotopic (exact) mass is 640 g/mol. The van der Waals surface area contributed by atoms with Crippen molar-refractivity contribution in [1.29, 1.82) is 0 Å². The number of nitrogens with one attached hydrogen (secondary N) is 2. The van der Waals surface area contributed by atoms with Crippen LogP contribution in [0, 0.1) is 5.92 Å². The topological polar surface area (TPSA) is 117 Å². The minimum atomic E-state index is -4.63. The molecule has 0 radical (unpaired) electrons. The Morgan fingerprint density at radius 1 is 1.16 bits per heavy atom. The van der Waals surface area contributed by atoms with E-state index in [4.69, 9.17) is 4.74 Å². The molecule has 1 unspecified atom stereocenters. The van der Waals surface area contributed by atoms with Crippen molar-refractivity contribution < 1.29 is 31.1 Å². The van der Waals surface area contributed by atoms with Gasteiger partial charge >= 0.3 is 6.18 Å². The molecule has 1 saturated carbocycles. The van der Waals surface area contributed by atoms with E-state index in [1.165, 1.54) is 17.7 Å². The molecule has 2 N–H and O–H groups in total. The van der Waals surface area contributed by atoms with Crippen LogP contribution in [0.2, 0.25) is 0 Å². The van der Waals surface area contributed by atoms with Crippen molar-refractivity contribution in [2.24, 2.45) is 5.92 Å². The largest absolute Gasteiger partial charge is 0.495 e. The number of hydrogen-bond donors (Lipinski definition) is 2. The molecule has 2 aliphatic rings. The van der Waals surface area contributed by atoms with E-state index in [1.54, 1.807) is 25.2 Å². The second-order valence-corrected chi connectivity index (χ2v) is 14.0. The van der Waals surface area contributed by atoms with Gasteiger partial charge in [-0.25, -0.2) is 22.7 Å². The zero-order valence-electron chi connectivity index (χ0n) is 25.8. The van der Waals surface area contributed by atoms with E-state index in [0.29, 0.717) is 29.8 Å². The number of anilines is 2. The lowest BCUT2D eigenvalue weighted by Gasteiger charge is -2.36. The van der Waals surface area contributed by atoms with E-state index in [2.05, 4.69) is 25.5 Å². The molecular formula is C30H43F3N6O4S. The molecule has 1 aromatic carbocycles. The number of halogens is 3. The number of amides is 1. The molecule has 2 heterocycles. The molecule has 1 aliphatic heterocycles. The van der Waals surface area contributed by atoms with E-state index in [0.717, 1.165) is 57.8 Å². The van der Waals surface area contributed by atoms with Crippen LogP contribution in [0.25, 0.3) is 0 Å². The molecule has 2 aromatic rings. The zero-order chi connectivity index (χ0) is 32.1. The Kier molecular flexibility index (Phi) is 11.1. The fraction of sp³-hybridized carbons (Fsp3) is 0.633. The minimum Gasteiger partial charge on any atom is -0.495 e. The summed E-state index contributed by atoms with van der Waals surface area (Å²) in [6.45, 7) is 1.82. The maximum Gasteiger partial charge on any atom is 0.419 e. The first-order chi connectivity index (χ1) is 20.8. The Balaban J connectivity index is 1.46. The van der Waals surface area contributed by atoms with Crippen molar-refractivity contribution >= 4 is 27.6 Å². The van der Waals surface area contributed by atoms with Gasteiger partial charge in [-0.1, -0.05) is 12.8 Å². The number of benzene rings is 1. The Hall–Kier alpha value is -2.97. The lowest BCUT2D eigenvalue weighted by Crippen LogP contribution is -2.43. The first-order valence-corrected chi connectivity index (χ1v) is 16.9. The van der Waals surface area contributed by atoms with Crippen molar-refractivity contribution in [3.63, 3.8) is 0 Å². The maximum atomic E-state index is 13.9. The van der Waals surface area contributed by atoms with E-state index in [9.17, 15) is 26.4 Å². The summed E-state index contributed by atoms with van der Waals surface area (Å²) < 4.78 is 72.8. The Bertz CT molecular complexity index is 1400. The van der Waals surface area contributed by atoms with Crippen LogP contribution < -0.4 is 15.4 Å². The van der Waals surface area contributed by atoms with Gasteiger partial charge in [0.25, 0.3) is 5.91 Å². The molecule has 1 aliphatic carbocycles. The predicted octanol–water partition coefficient (Wildman–Crippen LogP) is 4.84. The van der Waals surface area contributed by atoms with Gasteiger partial charge < -0.3 is 20.3 Å². The van der Waals surface area contributed by atoms with Crippen molar-refractivity contribution in [1.82, 2.24) is 24.5 Å². The summed E-state index contributed by atoms with van der Waals surface area (Å²) in [4.78, 5) is 23.2. The number of aryl methyl sites for hydroxylation is 1. The molecule has 0 bridgehead atoms. The number of hydrogen-bond acceptors (Lipinski definition) is 8. The third-order valence-electron chi connectivity index (χ3n) is 8.78. The highest BCUT2D eigenvalue weighted by molar-refractivity contribution is 7.88. The fourth-order valence-electron chi connectivity index (χ4n) is 6.16. The summed E-state index contributed by atoms with van der Waals surface area (Å²) in [5, 5.41) is 6.01. The van der Waals surface area contributed by atoms with Crippen molar-refractivity contribution in [3.05, 3.63) is 41.2 Å². The van der Waals surface area contributed by atoms with Crippen LogP contribution in [0.5, 0.6) is 5.75 Å². The summed E-state index contributed by atoms with van der Waals surface area (Å²) in [6, 6.07) is 4.74. The van der Waals surface area contributed by atoms with Gasteiger partial charge in [-0.3, -0.25) is 4.79 Å². The van der Waals surface area contributed by atoms with Gasteiger partial charge in [0.15, 0.2) is 0 Å². The maximum absolute atomic E-state index is 13.9. The van der Waals surface area contributed by atoms with E-state index < -0.39 is 21.8 Å². The van der Waals surface area contributed by atoms with Crippen LogP contribution in [0.15, 0.2) is 24.4 Å². The van der Waals surface area contributed by atoms with Gasteiger partial charge in [-0.2, -0.15) is 13.2 Å². The molecular weight excluding hydrogens is 597 g/mol. The molecule has 2 atom stereocenters. The second kappa shape index (κ2) is 14.4. The number of piperidine rings is 1.